The van der Waals surface area contributed by atoms with E-state index in [1.165, 1.54) is 54.8 Å². The first-order valence-corrected chi connectivity index (χ1v) is 11.7. The van der Waals surface area contributed by atoms with Gasteiger partial charge >= 0.3 is 0 Å². The number of carbonyl (C=O) groups excluding carboxylic acids is 1. The van der Waals surface area contributed by atoms with Crippen molar-refractivity contribution in [3.8, 4) is 0 Å². The smallest absolute Gasteiger partial charge is 0.271 e. The summed E-state index contributed by atoms with van der Waals surface area (Å²) in [4.78, 5) is 23.9. The fourth-order valence-corrected chi connectivity index (χ4v) is 4.35. The zero-order chi connectivity index (χ0) is 20.6. The van der Waals surface area contributed by atoms with Crippen LogP contribution in [-0.2, 0) is 0 Å². The summed E-state index contributed by atoms with van der Waals surface area (Å²) in [7, 11) is 0. The molecule has 0 saturated carbocycles. The first-order valence-electron chi connectivity index (χ1n) is 10.3. The van der Waals surface area contributed by atoms with Gasteiger partial charge in [0.05, 0.1) is 17.3 Å². The van der Waals surface area contributed by atoms with Crippen molar-refractivity contribution < 1.29 is 4.79 Å². The molecule has 0 spiro atoms. The van der Waals surface area contributed by atoms with E-state index in [0.29, 0.717) is 11.7 Å². The summed E-state index contributed by atoms with van der Waals surface area (Å²) in [6.45, 7) is 6.75. The highest BCUT2D eigenvalue weighted by atomic mass is 35.5. The van der Waals surface area contributed by atoms with E-state index in [9.17, 15) is 4.79 Å². The number of halogens is 1. The van der Waals surface area contributed by atoms with Crippen LogP contribution >= 0.6 is 23.4 Å². The van der Waals surface area contributed by atoms with E-state index in [0.717, 1.165) is 18.8 Å². The fraction of sp³-hybridized carbons (Fsp3) is 0.500. The molecule has 7 heteroatoms. The molecular weight excluding hydrogens is 404 g/mol. The summed E-state index contributed by atoms with van der Waals surface area (Å²) in [5.74, 6) is 0.593. The maximum Gasteiger partial charge on any atom is 0.271 e. The number of benzene rings is 1. The SMILES string of the molecule is CCSc1ncc(Cl)c(C(=O)NC[C@@H](c2ccc(C)cc2)N2CCCCCC2)n1. The van der Waals surface area contributed by atoms with Crippen molar-refractivity contribution >= 4 is 29.3 Å². The van der Waals surface area contributed by atoms with Crippen LogP contribution in [0, 0.1) is 6.92 Å². The lowest BCUT2D eigenvalue weighted by atomic mass is 10.0. The van der Waals surface area contributed by atoms with Crippen molar-refractivity contribution in [2.24, 2.45) is 0 Å². The summed E-state index contributed by atoms with van der Waals surface area (Å²) < 4.78 is 0. The van der Waals surface area contributed by atoms with Crippen LogP contribution in [0.4, 0.5) is 0 Å². The molecule has 1 aliphatic heterocycles. The molecule has 2 aromatic rings. The molecule has 1 aromatic heterocycles. The normalized spacial score (nSPS) is 16.2. The van der Waals surface area contributed by atoms with Crippen LogP contribution in [0.25, 0.3) is 0 Å². The number of hydrogen-bond acceptors (Lipinski definition) is 5. The Balaban J connectivity index is 1.76. The number of aryl methyl sites for hydroxylation is 1. The van der Waals surface area contributed by atoms with E-state index in [1.54, 1.807) is 0 Å². The summed E-state index contributed by atoms with van der Waals surface area (Å²) in [6, 6.07) is 8.76. The van der Waals surface area contributed by atoms with Crippen LogP contribution < -0.4 is 5.32 Å². The third kappa shape index (κ3) is 6.17. The molecule has 0 bridgehead atoms. The Hall–Kier alpha value is -1.63. The van der Waals surface area contributed by atoms with Crippen LogP contribution in [0.1, 0.15) is 60.3 Å². The molecule has 1 aliphatic rings. The molecule has 1 aromatic carbocycles. The monoisotopic (exact) mass is 432 g/mol. The van der Waals surface area contributed by atoms with Gasteiger partial charge in [-0.1, -0.05) is 73.0 Å². The molecule has 0 aliphatic carbocycles. The van der Waals surface area contributed by atoms with E-state index in [4.69, 9.17) is 11.6 Å². The number of likely N-dealkylation sites (tertiary alicyclic amines) is 1. The first-order chi connectivity index (χ1) is 14.1. The van der Waals surface area contributed by atoms with Crippen LogP contribution in [-0.4, -0.2) is 46.2 Å². The zero-order valence-electron chi connectivity index (χ0n) is 17.2. The van der Waals surface area contributed by atoms with E-state index < -0.39 is 0 Å². The summed E-state index contributed by atoms with van der Waals surface area (Å²) >= 11 is 7.70. The lowest BCUT2D eigenvalue weighted by Crippen LogP contribution is -2.39. The van der Waals surface area contributed by atoms with Gasteiger partial charge in [0, 0.05) is 6.54 Å². The number of rotatable bonds is 7. The third-order valence-corrected chi connectivity index (χ3v) is 6.23. The summed E-state index contributed by atoms with van der Waals surface area (Å²) in [5.41, 5.74) is 2.71. The fourth-order valence-electron chi connectivity index (χ4n) is 3.64. The highest BCUT2D eigenvalue weighted by Crippen LogP contribution is 2.25. The number of nitrogens with one attached hydrogen (secondary N) is 1. The third-order valence-electron chi connectivity index (χ3n) is 5.21. The molecule has 1 amide bonds. The first kappa shape index (κ1) is 22.1. The lowest BCUT2D eigenvalue weighted by Gasteiger charge is -2.31. The molecule has 2 heterocycles. The molecule has 29 heavy (non-hydrogen) atoms. The predicted octanol–water partition coefficient (Wildman–Crippen LogP) is 4.90. The van der Waals surface area contributed by atoms with Gasteiger partial charge in [-0.15, -0.1) is 0 Å². The molecule has 1 fully saturated rings. The minimum absolute atomic E-state index is 0.141. The second-order valence-electron chi connectivity index (χ2n) is 7.37. The van der Waals surface area contributed by atoms with Gasteiger partial charge in [0.1, 0.15) is 0 Å². The van der Waals surface area contributed by atoms with E-state index >= 15 is 0 Å². The number of aromatic nitrogens is 2. The van der Waals surface area contributed by atoms with E-state index in [1.807, 2.05) is 6.92 Å². The van der Waals surface area contributed by atoms with Crippen molar-refractivity contribution in [1.29, 1.82) is 0 Å². The Kier molecular flexibility index (Phi) is 8.33. The van der Waals surface area contributed by atoms with Gasteiger partial charge in [-0.05, 0) is 44.2 Å². The molecule has 1 atom stereocenters. The Morgan fingerprint density at radius 1 is 1.21 bits per heavy atom. The largest absolute Gasteiger partial charge is 0.349 e. The molecule has 3 rings (SSSR count). The quantitative estimate of drug-likeness (QED) is 0.498. The summed E-state index contributed by atoms with van der Waals surface area (Å²) in [5, 5.41) is 3.93. The van der Waals surface area contributed by atoms with Crippen molar-refractivity contribution in [3.63, 3.8) is 0 Å². The Morgan fingerprint density at radius 3 is 2.55 bits per heavy atom. The molecule has 1 N–H and O–H groups in total. The topological polar surface area (TPSA) is 58.1 Å². The van der Waals surface area contributed by atoms with Crippen LogP contribution in [0.15, 0.2) is 35.6 Å². The Morgan fingerprint density at radius 2 is 1.90 bits per heavy atom. The minimum Gasteiger partial charge on any atom is -0.349 e. The zero-order valence-corrected chi connectivity index (χ0v) is 18.7. The minimum atomic E-state index is -0.248. The van der Waals surface area contributed by atoms with Gasteiger partial charge in [-0.25, -0.2) is 9.97 Å². The van der Waals surface area contributed by atoms with Crippen molar-refractivity contribution in [2.75, 3.05) is 25.4 Å². The van der Waals surface area contributed by atoms with Crippen LogP contribution in [0.3, 0.4) is 0 Å². The predicted molar refractivity (Wildman–Crippen MR) is 120 cm³/mol. The van der Waals surface area contributed by atoms with Gasteiger partial charge in [-0.3, -0.25) is 9.69 Å². The van der Waals surface area contributed by atoms with Crippen molar-refractivity contribution in [2.45, 2.75) is 50.7 Å². The van der Waals surface area contributed by atoms with E-state index in [2.05, 4.69) is 51.4 Å². The van der Waals surface area contributed by atoms with Crippen LogP contribution in [0.2, 0.25) is 5.02 Å². The van der Waals surface area contributed by atoms with Crippen molar-refractivity contribution in [1.82, 2.24) is 20.2 Å². The lowest BCUT2D eigenvalue weighted by molar-refractivity contribution is 0.0927. The number of nitrogens with zero attached hydrogens (tertiary/aromatic N) is 3. The van der Waals surface area contributed by atoms with Crippen molar-refractivity contribution in [3.05, 3.63) is 52.3 Å². The standard InChI is InChI=1S/C22H29ClN4OS/c1-3-29-22-25-14-18(23)20(26-22)21(28)24-15-19(17-10-8-16(2)9-11-17)27-12-6-4-5-7-13-27/h8-11,14,19H,3-7,12-13,15H2,1-2H3,(H,24,28)/t19-/m0/s1. The average Bonchev–Trinajstić information content (AvgIpc) is 3.00. The molecular formula is C22H29ClN4OS. The molecule has 0 radical (unpaired) electrons. The number of carbonyl (C=O) groups is 1. The molecule has 0 unspecified atom stereocenters. The highest BCUT2D eigenvalue weighted by Gasteiger charge is 2.23. The Bertz CT molecular complexity index is 807. The van der Waals surface area contributed by atoms with Gasteiger partial charge in [0.25, 0.3) is 5.91 Å². The summed E-state index contributed by atoms with van der Waals surface area (Å²) in [6.07, 6.45) is 6.46. The van der Waals surface area contributed by atoms with Gasteiger partial charge in [-0.2, -0.15) is 0 Å². The molecule has 5 nitrogen and oxygen atoms in total. The van der Waals surface area contributed by atoms with Crippen LogP contribution in [0.5, 0.6) is 0 Å². The number of thioether (sulfide) groups is 1. The molecule has 1 saturated heterocycles. The number of hydrogen-bond donors (Lipinski definition) is 1. The maximum absolute atomic E-state index is 12.8. The Labute approximate surface area is 182 Å². The second kappa shape index (κ2) is 11.0. The van der Waals surface area contributed by atoms with Gasteiger partial charge in [0.2, 0.25) is 0 Å². The maximum atomic E-state index is 12.8. The molecule has 156 valence electrons. The van der Waals surface area contributed by atoms with Gasteiger partial charge < -0.3 is 5.32 Å². The van der Waals surface area contributed by atoms with Gasteiger partial charge in [0.15, 0.2) is 10.9 Å². The number of amides is 1. The average molecular weight is 433 g/mol. The van der Waals surface area contributed by atoms with E-state index in [-0.39, 0.29) is 22.7 Å². The second-order valence-corrected chi connectivity index (χ2v) is 9.01. The highest BCUT2D eigenvalue weighted by molar-refractivity contribution is 7.99.